The Kier molecular flexibility index (Phi) is 2.02. The second-order valence-electron chi connectivity index (χ2n) is 2.94. The lowest BCUT2D eigenvalue weighted by Crippen LogP contribution is -2.05. The Morgan fingerprint density at radius 2 is 2.23 bits per heavy atom. The third-order valence-corrected chi connectivity index (χ3v) is 2.09. The molecule has 0 aliphatic carbocycles. The van der Waals surface area contributed by atoms with E-state index in [1.807, 2.05) is 18.2 Å². The van der Waals surface area contributed by atoms with E-state index in [2.05, 4.69) is 0 Å². The van der Waals surface area contributed by atoms with Gasteiger partial charge in [-0.25, -0.2) is 4.79 Å². The van der Waals surface area contributed by atoms with Crippen molar-refractivity contribution in [3.63, 3.8) is 0 Å². The summed E-state index contributed by atoms with van der Waals surface area (Å²) in [5.74, 6) is -0.252. The number of carbonyl (C=O) groups excluding carboxylic acids is 1. The van der Waals surface area contributed by atoms with Crippen molar-refractivity contribution in [1.82, 2.24) is 0 Å². The highest BCUT2D eigenvalue weighted by Crippen LogP contribution is 2.29. The van der Waals surface area contributed by atoms with Gasteiger partial charge in [0.15, 0.2) is 6.10 Å². The molecular formula is C10H10O3. The normalized spacial score (nSPS) is 19.8. The molecule has 0 fully saturated rings. The van der Waals surface area contributed by atoms with Crippen molar-refractivity contribution in [2.75, 3.05) is 13.7 Å². The molecule has 3 heteroatoms. The van der Waals surface area contributed by atoms with E-state index in [0.717, 1.165) is 5.56 Å². The van der Waals surface area contributed by atoms with E-state index in [9.17, 15) is 4.79 Å². The zero-order valence-corrected chi connectivity index (χ0v) is 7.32. The van der Waals surface area contributed by atoms with E-state index >= 15 is 0 Å². The summed E-state index contributed by atoms with van der Waals surface area (Å²) >= 11 is 0. The number of carbonyl (C=O) groups is 1. The molecule has 0 radical (unpaired) electrons. The van der Waals surface area contributed by atoms with Crippen molar-refractivity contribution < 1.29 is 14.3 Å². The van der Waals surface area contributed by atoms with Crippen molar-refractivity contribution in [3.05, 3.63) is 35.4 Å². The highest BCUT2D eigenvalue weighted by Gasteiger charge is 2.29. The van der Waals surface area contributed by atoms with Crippen LogP contribution in [0.3, 0.4) is 0 Å². The van der Waals surface area contributed by atoms with Crippen molar-refractivity contribution in [1.29, 1.82) is 0 Å². The Labute approximate surface area is 76.3 Å². The highest BCUT2D eigenvalue weighted by molar-refractivity contribution is 5.93. The monoisotopic (exact) mass is 178 g/mol. The molecule has 1 aliphatic heterocycles. The predicted octanol–water partition coefficient (Wildman–Crippen LogP) is 1.54. The topological polar surface area (TPSA) is 35.5 Å². The van der Waals surface area contributed by atoms with Crippen molar-refractivity contribution in [2.24, 2.45) is 0 Å². The number of fused-ring (bicyclic) bond motifs is 1. The fourth-order valence-corrected chi connectivity index (χ4v) is 1.50. The van der Waals surface area contributed by atoms with Crippen LogP contribution in [0.15, 0.2) is 24.3 Å². The van der Waals surface area contributed by atoms with Crippen molar-refractivity contribution >= 4 is 5.97 Å². The minimum atomic E-state index is -0.252. The van der Waals surface area contributed by atoms with Gasteiger partial charge in [-0.05, 0) is 6.07 Å². The van der Waals surface area contributed by atoms with Gasteiger partial charge in [0, 0.05) is 12.7 Å². The van der Waals surface area contributed by atoms with Gasteiger partial charge in [0.05, 0.1) is 12.2 Å². The number of benzene rings is 1. The van der Waals surface area contributed by atoms with Crippen molar-refractivity contribution in [2.45, 2.75) is 6.10 Å². The molecule has 1 aliphatic rings. The minimum Gasteiger partial charge on any atom is -0.451 e. The van der Waals surface area contributed by atoms with Crippen molar-refractivity contribution in [3.8, 4) is 0 Å². The molecule has 1 heterocycles. The van der Waals surface area contributed by atoms with Crippen LogP contribution < -0.4 is 0 Å². The number of hydrogen-bond acceptors (Lipinski definition) is 3. The number of esters is 1. The van der Waals surface area contributed by atoms with Gasteiger partial charge in [-0.15, -0.1) is 0 Å². The van der Waals surface area contributed by atoms with E-state index in [1.54, 1.807) is 13.2 Å². The number of ether oxygens (including phenoxy) is 2. The first-order chi connectivity index (χ1) is 6.33. The molecule has 0 aromatic heterocycles. The van der Waals surface area contributed by atoms with Crippen LogP contribution in [0, 0.1) is 0 Å². The molecule has 0 bridgehead atoms. The average Bonchev–Trinajstić information content (AvgIpc) is 2.46. The minimum absolute atomic E-state index is 0.228. The van der Waals surface area contributed by atoms with Crippen LogP contribution in [0.25, 0.3) is 0 Å². The maximum atomic E-state index is 11.3. The summed E-state index contributed by atoms with van der Waals surface area (Å²) < 4.78 is 10.1. The maximum absolute atomic E-state index is 11.3. The summed E-state index contributed by atoms with van der Waals surface area (Å²) in [4.78, 5) is 11.3. The van der Waals surface area contributed by atoms with Gasteiger partial charge in [-0.2, -0.15) is 0 Å². The molecule has 68 valence electrons. The lowest BCUT2D eigenvalue weighted by Gasteiger charge is -2.07. The largest absolute Gasteiger partial charge is 0.451 e. The third kappa shape index (κ3) is 1.31. The van der Waals surface area contributed by atoms with Crippen LogP contribution in [0.5, 0.6) is 0 Å². The number of hydrogen-bond donors (Lipinski definition) is 0. The summed E-state index contributed by atoms with van der Waals surface area (Å²) in [5.41, 5.74) is 1.58. The van der Waals surface area contributed by atoms with Gasteiger partial charge in [0.2, 0.25) is 0 Å². The number of cyclic esters (lactones) is 1. The molecule has 1 aromatic carbocycles. The van der Waals surface area contributed by atoms with E-state index in [-0.39, 0.29) is 12.1 Å². The first-order valence-electron chi connectivity index (χ1n) is 4.12. The Bertz CT molecular complexity index is 333. The van der Waals surface area contributed by atoms with E-state index in [1.165, 1.54) is 0 Å². The third-order valence-electron chi connectivity index (χ3n) is 2.09. The standard InChI is InChI=1S/C10H10O3/c1-12-6-9-7-4-2-3-5-8(7)10(11)13-9/h2-5,9H,6H2,1H3. The van der Waals surface area contributed by atoms with Gasteiger partial charge >= 0.3 is 5.97 Å². The van der Waals surface area contributed by atoms with Gasteiger partial charge in [-0.3, -0.25) is 0 Å². The average molecular weight is 178 g/mol. The summed E-state index contributed by atoms with van der Waals surface area (Å²) in [6.45, 7) is 0.419. The number of rotatable bonds is 2. The summed E-state index contributed by atoms with van der Waals surface area (Å²) in [6.07, 6.45) is -0.228. The van der Waals surface area contributed by atoms with Gasteiger partial charge < -0.3 is 9.47 Å². The molecule has 0 saturated carbocycles. The lowest BCUT2D eigenvalue weighted by atomic mass is 10.1. The van der Waals surface area contributed by atoms with E-state index < -0.39 is 0 Å². The predicted molar refractivity (Wildman–Crippen MR) is 46.5 cm³/mol. The van der Waals surface area contributed by atoms with Gasteiger partial charge in [-0.1, -0.05) is 18.2 Å². The van der Waals surface area contributed by atoms with Crippen LogP contribution in [0.4, 0.5) is 0 Å². The second kappa shape index (κ2) is 3.18. The Hall–Kier alpha value is -1.35. The molecule has 2 rings (SSSR count). The van der Waals surface area contributed by atoms with Crippen LogP contribution in [-0.4, -0.2) is 19.7 Å². The molecule has 0 amide bonds. The maximum Gasteiger partial charge on any atom is 0.339 e. The first kappa shape index (κ1) is 8.26. The molecule has 13 heavy (non-hydrogen) atoms. The van der Waals surface area contributed by atoms with Crippen LogP contribution in [0.2, 0.25) is 0 Å². The zero-order valence-electron chi connectivity index (χ0n) is 7.32. The SMILES string of the molecule is COCC1OC(=O)c2ccccc21. The van der Waals surface area contributed by atoms with E-state index in [4.69, 9.17) is 9.47 Å². The van der Waals surface area contributed by atoms with Crippen LogP contribution in [-0.2, 0) is 9.47 Å². The molecule has 0 N–H and O–H groups in total. The molecule has 1 unspecified atom stereocenters. The summed E-state index contributed by atoms with van der Waals surface area (Å²) in [6, 6.07) is 7.38. The van der Waals surface area contributed by atoms with E-state index in [0.29, 0.717) is 12.2 Å². The quantitative estimate of drug-likeness (QED) is 0.644. The Morgan fingerprint density at radius 3 is 3.00 bits per heavy atom. The van der Waals surface area contributed by atoms with Gasteiger partial charge in [0.25, 0.3) is 0 Å². The molecule has 1 aromatic rings. The fraction of sp³-hybridized carbons (Fsp3) is 0.300. The number of methoxy groups -OCH3 is 1. The lowest BCUT2D eigenvalue weighted by molar-refractivity contribution is 0.0152. The summed E-state index contributed by atoms with van der Waals surface area (Å²) in [7, 11) is 1.59. The first-order valence-corrected chi connectivity index (χ1v) is 4.12. The van der Waals surface area contributed by atoms with Gasteiger partial charge in [0.1, 0.15) is 0 Å². The Morgan fingerprint density at radius 1 is 1.46 bits per heavy atom. The highest BCUT2D eigenvalue weighted by atomic mass is 16.6. The molecule has 0 saturated heterocycles. The summed E-state index contributed by atoms with van der Waals surface area (Å²) in [5, 5.41) is 0. The Balaban J connectivity index is 2.36. The molecule has 3 nitrogen and oxygen atoms in total. The fourth-order valence-electron chi connectivity index (χ4n) is 1.50. The smallest absolute Gasteiger partial charge is 0.339 e. The second-order valence-corrected chi connectivity index (χ2v) is 2.94. The molecular weight excluding hydrogens is 168 g/mol. The zero-order chi connectivity index (χ0) is 9.26. The molecule has 0 spiro atoms. The molecule has 1 atom stereocenters. The van der Waals surface area contributed by atoms with Crippen LogP contribution >= 0.6 is 0 Å². The van der Waals surface area contributed by atoms with Crippen LogP contribution in [0.1, 0.15) is 22.0 Å².